The molecule has 2 heterocycles. The van der Waals surface area contributed by atoms with Gasteiger partial charge in [0.25, 0.3) is 0 Å². The molecule has 0 amide bonds. The van der Waals surface area contributed by atoms with Crippen LogP contribution in [0.15, 0.2) is 47.9 Å². The maximum atomic E-state index is 9.83. The lowest BCUT2D eigenvalue weighted by molar-refractivity contribution is 0.324. The van der Waals surface area contributed by atoms with Gasteiger partial charge in [0.1, 0.15) is 11.6 Å². The number of allylic oxidation sites excluding steroid dienone is 1. The van der Waals surface area contributed by atoms with Gasteiger partial charge in [-0.05, 0) is 29.8 Å². The molecule has 8 nitrogen and oxygen atoms in total. The summed E-state index contributed by atoms with van der Waals surface area (Å²) in [6.45, 7) is 0. The molecule has 158 valence electrons. The lowest BCUT2D eigenvalue weighted by Crippen LogP contribution is -2.21. The third-order valence-electron chi connectivity index (χ3n) is 5.07. The van der Waals surface area contributed by atoms with Crippen molar-refractivity contribution < 1.29 is 18.9 Å². The van der Waals surface area contributed by atoms with E-state index in [4.69, 9.17) is 36.3 Å². The number of H-pyrrole nitrogens is 1. The van der Waals surface area contributed by atoms with E-state index in [-0.39, 0.29) is 17.3 Å². The van der Waals surface area contributed by atoms with Crippen LogP contribution in [0.25, 0.3) is 11.3 Å². The van der Waals surface area contributed by atoms with E-state index in [1.807, 2.05) is 12.1 Å². The Labute approximate surface area is 183 Å². The second-order valence-corrected chi connectivity index (χ2v) is 7.15. The molecule has 0 radical (unpaired) electrons. The zero-order valence-corrected chi connectivity index (χ0v) is 17.8. The van der Waals surface area contributed by atoms with Crippen LogP contribution >= 0.6 is 11.6 Å². The number of fused-ring (bicyclic) bond motifs is 1. The minimum Gasteiger partial charge on any atom is -0.493 e. The highest BCUT2D eigenvalue weighted by Crippen LogP contribution is 2.48. The molecule has 31 heavy (non-hydrogen) atoms. The lowest BCUT2D eigenvalue weighted by atomic mass is 9.83. The van der Waals surface area contributed by atoms with E-state index in [0.29, 0.717) is 39.1 Å². The number of hydrogen-bond acceptors (Lipinski definition) is 7. The van der Waals surface area contributed by atoms with E-state index in [0.717, 1.165) is 5.56 Å². The molecule has 1 aliphatic heterocycles. The van der Waals surface area contributed by atoms with Crippen molar-refractivity contribution in [2.45, 2.75) is 5.92 Å². The van der Waals surface area contributed by atoms with Gasteiger partial charge in [-0.2, -0.15) is 5.26 Å². The Bertz CT molecular complexity index is 1200. The van der Waals surface area contributed by atoms with Crippen molar-refractivity contribution in [3.05, 3.63) is 64.0 Å². The zero-order chi connectivity index (χ0) is 22.1. The molecule has 0 spiro atoms. The van der Waals surface area contributed by atoms with Crippen LogP contribution in [0.2, 0.25) is 5.02 Å². The summed E-state index contributed by atoms with van der Waals surface area (Å²) in [7, 11) is 4.62. The van der Waals surface area contributed by atoms with Crippen LogP contribution in [0.4, 0.5) is 0 Å². The third kappa shape index (κ3) is 3.39. The van der Waals surface area contributed by atoms with Crippen molar-refractivity contribution in [1.29, 1.82) is 5.26 Å². The van der Waals surface area contributed by atoms with E-state index in [1.54, 1.807) is 38.5 Å². The zero-order valence-electron chi connectivity index (χ0n) is 17.0. The summed E-state index contributed by atoms with van der Waals surface area (Å²) in [5, 5.41) is 17.7. The Morgan fingerprint density at radius 1 is 1.13 bits per heavy atom. The molecule has 0 saturated carbocycles. The average Bonchev–Trinajstić information content (AvgIpc) is 3.20. The van der Waals surface area contributed by atoms with Gasteiger partial charge in [-0.25, -0.2) is 0 Å². The normalized spacial score (nSPS) is 15.0. The number of aromatic nitrogens is 2. The SMILES string of the molecule is COc1cc(-c2[nH]nc3c2[C@H](c2cccc(Cl)c2)C(C#N)=C(N)O3)cc(OC)c1OC. The van der Waals surface area contributed by atoms with Crippen LogP contribution in [0.1, 0.15) is 17.0 Å². The molecule has 0 aliphatic carbocycles. The molecule has 2 aromatic carbocycles. The number of halogens is 1. The fourth-order valence-electron chi connectivity index (χ4n) is 3.71. The van der Waals surface area contributed by atoms with Crippen molar-refractivity contribution in [2.24, 2.45) is 5.73 Å². The molecule has 1 aliphatic rings. The van der Waals surface area contributed by atoms with Crippen LogP contribution < -0.4 is 24.7 Å². The van der Waals surface area contributed by atoms with Crippen molar-refractivity contribution in [1.82, 2.24) is 10.2 Å². The van der Waals surface area contributed by atoms with Gasteiger partial charge >= 0.3 is 0 Å². The van der Waals surface area contributed by atoms with Gasteiger partial charge in [0, 0.05) is 10.6 Å². The maximum absolute atomic E-state index is 9.83. The molecule has 3 N–H and O–H groups in total. The number of methoxy groups -OCH3 is 3. The first kappa shape index (κ1) is 20.4. The van der Waals surface area contributed by atoms with Crippen LogP contribution in [0.5, 0.6) is 23.1 Å². The molecule has 4 rings (SSSR count). The first-order valence-electron chi connectivity index (χ1n) is 9.24. The highest BCUT2D eigenvalue weighted by Gasteiger charge is 2.36. The maximum Gasteiger partial charge on any atom is 0.244 e. The standard InChI is InChI=1S/C22H19ClN4O4/c1-28-15-8-12(9-16(29-2)20(15)30-3)19-18-17(11-5-4-6-13(23)7-11)14(10-24)21(25)31-22(18)27-26-19/h4-9,17H,25H2,1-3H3,(H,26,27)/t17-/m1/s1. The monoisotopic (exact) mass is 438 g/mol. The Kier molecular flexibility index (Phi) is 5.36. The molecule has 0 bridgehead atoms. The minimum absolute atomic E-state index is 0.00270. The van der Waals surface area contributed by atoms with E-state index in [1.165, 1.54) is 7.11 Å². The summed E-state index contributed by atoms with van der Waals surface area (Å²) in [4.78, 5) is 0. The van der Waals surface area contributed by atoms with Crippen LogP contribution in [-0.2, 0) is 0 Å². The number of hydrogen-bond donors (Lipinski definition) is 2. The summed E-state index contributed by atoms with van der Waals surface area (Å²) in [6.07, 6.45) is 0. The molecule has 0 unspecified atom stereocenters. The topological polar surface area (TPSA) is 115 Å². The number of benzene rings is 2. The van der Waals surface area contributed by atoms with Gasteiger partial charge in [-0.1, -0.05) is 23.7 Å². The fraction of sp³-hybridized carbons (Fsp3) is 0.182. The van der Waals surface area contributed by atoms with Gasteiger partial charge in [0.05, 0.1) is 38.5 Å². The summed E-state index contributed by atoms with van der Waals surface area (Å²) >= 11 is 6.23. The lowest BCUT2D eigenvalue weighted by Gasteiger charge is -2.24. The van der Waals surface area contributed by atoms with Gasteiger partial charge in [-0.3, -0.25) is 5.10 Å². The number of aromatic amines is 1. The summed E-state index contributed by atoms with van der Waals surface area (Å²) in [6, 6.07) is 13.0. The van der Waals surface area contributed by atoms with Crippen molar-refractivity contribution in [3.63, 3.8) is 0 Å². The fourth-order valence-corrected chi connectivity index (χ4v) is 3.91. The van der Waals surface area contributed by atoms with Crippen LogP contribution in [-0.4, -0.2) is 31.5 Å². The van der Waals surface area contributed by atoms with Gasteiger partial charge in [-0.15, -0.1) is 5.10 Å². The van der Waals surface area contributed by atoms with E-state index in [2.05, 4.69) is 16.3 Å². The molecular formula is C22H19ClN4O4. The number of nitrogens with one attached hydrogen (secondary N) is 1. The van der Waals surface area contributed by atoms with E-state index in [9.17, 15) is 5.26 Å². The predicted molar refractivity (Wildman–Crippen MR) is 114 cm³/mol. The number of nitrogens with zero attached hydrogens (tertiary/aromatic N) is 2. The van der Waals surface area contributed by atoms with Crippen LogP contribution in [0, 0.1) is 11.3 Å². The van der Waals surface area contributed by atoms with Crippen molar-refractivity contribution in [2.75, 3.05) is 21.3 Å². The largest absolute Gasteiger partial charge is 0.493 e. The molecule has 9 heteroatoms. The van der Waals surface area contributed by atoms with Gasteiger partial charge in [0.15, 0.2) is 11.5 Å². The number of ether oxygens (including phenoxy) is 4. The molecular weight excluding hydrogens is 420 g/mol. The predicted octanol–water partition coefficient (Wildman–Crippen LogP) is 3.97. The summed E-state index contributed by atoms with van der Waals surface area (Å²) in [5.41, 5.74) is 9.08. The van der Waals surface area contributed by atoms with Crippen molar-refractivity contribution in [3.8, 4) is 40.5 Å². The Morgan fingerprint density at radius 2 is 1.84 bits per heavy atom. The summed E-state index contributed by atoms with van der Waals surface area (Å²) in [5.74, 6) is 1.18. The Morgan fingerprint density at radius 3 is 2.42 bits per heavy atom. The highest BCUT2D eigenvalue weighted by molar-refractivity contribution is 6.30. The second kappa shape index (κ2) is 8.13. The van der Waals surface area contributed by atoms with E-state index >= 15 is 0 Å². The van der Waals surface area contributed by atoms with Crippen LogP contribution in [0.3, 0.4) is 0 Å². The average molecular weight is 439 g/mol. The first-order valence-corrected chi connectivity index (χ1v) is 9.61. The Balaban J connectivity index is 1.96. The number of nitriles is 1. The summed E-state index contributed by atoms with van der Waals surface area (Å²) < 4.78 is 22.0. The van der Waals surface area contributed by atoms with Gasteiger partial charge < -0.3 is 24.7 Å². The number of nitrogens with two attached hydrogens (primary N) is 1. The molecule has 3 aromatic rings. The number of rotatable bonds is 5. The second-order valence-electron chi connectivity index (χ2n) is 6.71. The quantitative estimate of drug-likeness (QED) is 0.619. The smallest absolute Gasteiger partial charge is 0.244 e. The third-order valence-corrected chi connectivity index (χ3v) is 5.31. The van der Waals surface area contributed by atoms with Crippen molar-refractivity contribution >= 4 is 11.6 Å². The highest BCUT2D eigenvalue weighted by atomic mass is 35.5. The Hall–Kier alpha value is -3.83. The molecule has 0 saturated heterocycles. The molecule has 0 fully saturated rings. The molecule has 1 atom stereocenters. The van der Waals surface area contributed by atoms with Gasteiger partial charge in [0.2, 0.25) is 17.5 Å². The molecule has 1 aromatic heterocycles. The minimum atomic E-state index is -0.528. The van der Waals surface area contributed by atoms with E-state index < -0.39 is 5.92 Å². The first-order chi connectivity index (χ1) is 15.0.